The second-order valence-corrected chi connectivity index (χ2v) is 8.79. The molecule has 0 aliphatic rings. The summed E-state index contributed by atoms with van der Waals surface area (Å²) in [6, 6.07) is 17.2. The molecule has 9 heteroatoms. The Bertz CT molecular complexity index is 1350. The smallest absolute Gasteiger partial charge is 0.248 e. The average Bonchev–Trinajstić information content (AvgIpc) is 3.21. The van der Waals surface area contributed by atoms with Crippen LogP contribution in [0, 0.1) is 0 Å². The zero-order chi connectivity index (χ0) is 25.5. The summed E-state index contributed by atoms with van der Waals surface area (Å²) < 4.78 is 11.2. The highest BCUT2D eigenvalue weighted by atomic mass is 35.5. The zero-order valence-corrected chi connectivity index (χ0v) is 21.1. The minimum atomic E-state index is -0.215. The fraction of sp³-hybridized carbons (Fsp3) is 0.222. The van der Waals surface area contributed by atoms with Crippen molar-refractivity contribution in [2.45, 2.75) is 6.04 Å². The predicted molar refractivity (Wildman–Crippen MR) is 143 cm³/mol. The molecule has 4 rings (SSSR count). The first-order valence-corrected chi connectivity index (χ1v) is 11.8. The van der Waals surface area contributed by atoms with Gasteiger partial charge < -0.3 is 24.7 Å². The van der Waals surface area contributed by atoms with E-state index in [4.69, 9.17) is 20.8 Å². The van der Waals surface area contributed by atoms with Crippen molar-refractivity contribution in [3.8, 4) is 11.1 Å². The van der Waals surface area contributed by atoms with Crippen molar-refractivity contribution in [1.29, 1.82) is 0 Å². The van der Waals surface area contributed by atoms with Gasteiger partial charge >= 0.3 is 0 Å². The number of benzene rings is 2. The van der Waals surface area contributed by atoms with Crippen molar-refractivity contribution < 1.29 is 13.9 Å². The lowest BCUT2D eigenvalue weighted by molar-refractivity contribution is -0.111. The van der Waals surface area contributed by atoms with E-state index >= 15 is 0 Å². The van der Waals surface area contributed by atoms with Gasteiger partial charge in [0, 0.05) is 25.4 Å². The number of nitrogens with one attached hydrogen (secondary N) is 2. The molecule has 2 aromatic carbocycles. The number of rotatable bonds is 10. The van der Waals surface area contributed by atoms with E-state index in [9.17, 15) is 4.79 Å². The second kappa shape index (κ2) is 11.8. The molecule has 2 heterocycles. The number of hydrogen-bond acceptors (Lipinski definition) is 7. The molecule has 2 aromatic heterocycles. The van der Waals surface area contributed by atoms with Crippen molar-refractivity contribution in [3.05, 3.63) is 83.9 Å². The third kappa shape index (κ3) is 6.09. The number of halogens is 1. The highest BCUT2D eigenvalue weighted by Crippen LogP contribution is 2.41. The predicted octanol–water partition coefficient (Wildman–Crippen LogP) is 5.40. The fourth-order valence-corrected chi connectivity index (χ4v) is 4.10. The third-order valence-electron chi connectivity index (χ3n) is 5.45. The third-order valence-corrected chi connectivity index (χ3v) is 5.72. The van der Waals surface area contributed by atoms with Gasteiger partial charge in [-0.3, -0.25) is 4.79 Å². The Morgan fingerprint density at radius 1 is 1.17 bits per heavy atom. The lowest BCUT2D eigenvalue weighted by Gasteiger charge is -2.19. The number of nitrogens with zero attached hydrogens (tertiary/aromatic N) is 3. The Morgan fingerprint density at radius 2 is 1.97 bits per heavy atom. The van der Waals surface area contributed by atoms with E-state index in [0.717, 1.165) is 11.1 Å². The molecule has 0 aliphatic carbocycles. The van der Waals surface area contributed by atoms with Gasteiger partial charge in [0.1, 0.15) is 12.1 Å². The molecule has 0 fully saturated rings. The molecule has 0 unspecified atom stereocenters. The maximum absolute atomic E-state index is 12.3. The molecule has 1 amide bonds. The van der Waals surface area contributed by atoms with E-state index in [-0.39, 0.29) is 17.2 Å². The van der Waals surface area contributed by atoms with E-state index in [1.54, 1.807) is 13.2 Å². The van der Waals surface area contributed by atoms with Crippen molar-refractivity contribution in [3.63, 3.8) is 0 Å². The van der Waals surface area contributed by atoms with Crippen LogP contribution in [-0.4, -0.2) is 55.1 Å². The lowest BCUT2D eigenvalue weighted by Crippen LogP contribution is -2.17. The number of hydrogen-bond donors (Lipinski definition) is 2. The SMILES string of the molecule is COC[C@@H](Nc1ncnc2oc(Cl)c(-c3cccc(NC(=O)/C=C/CN(C)C)c3)c12)c1ccccc1. The molecule has 4 aromatic rings. The molecule has 0 bridgehead atoms. The first-order chi connectivity index (χ1) is 17.5. The minimum Gasteiger partial charge on any atom is -0.425 e. The van der Waals surface area contributed by atoms with Gasteiger partial charge in [-0.2, -0.15) is 0 Å². The summed E-state index contributed by atoms with van der Waals surface area (Å²) in [6.07, 6.45) is 4.75. The molecular formula is C27H28ClN5O3. The molecule has 36 heavy (non-hydrogen) atoms. The Kier molecular flexibility index (Phi) is 8.32. The van der Waals surface area contributed by atoms with E-state index in [1.807, 2.05) is 73.6 Å². The highest BCUT2D eigenvalue weighted by molar-refractivity contribution is 6.34. The summed E-state index contributed by atoms with van der Waals surface area (Å²) in [5.74, 6) is 0.353. The van der Waals surface area contributed by atoms with Gasteiger partial charge in [-0.1, -0.05) is 48.5 Å². The Labute approximate surface area is 214 Å². The fourth-order valence-electron chi connectivity index (χ4n) is 3.82. The van der Waals surface area contributed by atoms with E-state index < -0.39 is 0 Å². The minimum absolute atomic E-state index is 0.157. The van der Waals surface area contributed by atoms with Gasteiger partial charge in [0.25, 0.3) is 0 Å². The van der Waals surface area contributed by atoms with Crippen LogP contribution < -0.4 is 10.6 Å². The van der Waals surface area contributed by atoms with Gasteiger partial charge in [-0.15, -0.1) is 0 Å². The molecule has 0 spiro atoms. The quantitative estimate of drug-likeness (QED) is 0.279. The van der Waals surface area contributed by atoms with Gasteiger partial charge in [0.15, 0.2) is 0 Å². The summed E-state index contributed by atoms with van der Waals surface area (Å²) >= 11 is 6.55. The number of likely N-dealkylation sites (N-methyl/N-ethyl adjacent to an activating group) is 1. The first kappa shape index (κ1) is 25.4. The van der Waals surface area contributed by atoms with Crippen molar-refractivity contribution >= 4 is 40.1 Å². The van der Waals surface area contributed by atoms with Crippen LogP contribution in [0.15, 0.2) is 77.5 Å². The Balaban J connectivity index is 1.68. The van der Waals surface area contributed by atoms with Crippen LogP contribution in [0.5, 0.6) is 0 Å². The number of fused-ring (bicyclic) bond motifs is 1. The Hall–Kier alpha value is -3.72. The molecule has 0 aliphatic heterocycles. The zero-order valence-electron chi connectivity index (χ0n) is 20.4. The largest absolute Gasteiger partial charge is 0.425 e. The van der Waals surface area contributed by atoms with Crippen LogP contribution in [0.2, 0.25) is 5.22 Å². The maximum atomic E-state index is 12.3. The highest BCUT2D eigenvalue weighted by Gasteiger charge is 2.22. The van der Waals surface area contributed by atoms with Crippen molar-refractivity contribution in [1.82, 2.24) is 14.9 Å². The number of carbonyl (C=O) groups is 1. The van der Waals surface area contributed by atoms with Gasteiger partial charge in [-0.25, -0.2) is 9.97 Å². The normalized spacial score (nSPS) is 12.4. The maximum Gasteiger partial charge on any atom is 0.248 e. The molecule has 0 radical (unpaired) electrons. The topological polar surface area (TPSA) is 92.5 Å². The van der Waals surface area contributed by atoms with Crippen LogP contribution in [-0.2, 0) is 9.53 Å². The summed E-state index contributed by atoms with van der Waals surface area (Å²) in [5, 5.41) is 7.19. The van der Waals surface area contributed by atoms with Crippen LogP contribution in [0.3, 0.4) is 0 Å². The molecule has 0 saturated carbocycles. The van der Waals surface area contributed by atoms with Crippen molar-refractivity contribution in [2.75, 3.05) is 45.0 Å². The number of furan rings is 1. The number of aromatic nitrogens is 2. The second-order valence-electron chi connectivity index (χ2n) is 8.45. The summed E-state index contributed by atoms with van der Waals surface area (Å²) in [7, 11) is 5.53. The summed E-state index contributed by atoms with van der Waals surface area (Å²) in [5.41, 5.74) is 3.44. The summed E-state index contributed by atoms with van der Waals surface area (Å²) in [4.78, 5) is 23.1. The molecule has 0 saturated heterocycles. The van der Waals surface area contributed by atoms with Gasteiger partial charge in [0.2, 0.25) is 16.8 Å². The number of amides is 1. The molecule has 186 valence electrons. The van der Waals surface area contributed by atoms with Crippen molar-refractivity contribution in [2.24, 2.45) is 0 Å². The van der Waals surface area contributed by atoms with Gasteiger partial charge in [0.05, 0.1) is 23.6 Å². The number of anilines is 2. The monoisotopic (exact) mass is 505 g/mol. The molecule has 1 atom stereocenters. The lowest BCUT2D eigenvalue weighted by atomic mass is 10.0. The average molecular weight is 506 g/mol. The standard InChI is InChI=1S/C27H28ClN5O3/c1-33(2)14-8-13-22(34)31-20-12-7-11-19(15-20)23-24-26(29-17-30-27(24)36-25(23)28)32-21(16-35-3)18-9-5-4-6-10-18/h4-13,15,17,21H,14,16H2,1-3H3,(H,31,34)(H,29,30,32)/b13-8+/t21-/m1/s1. The van der Waals surface area contributed by atoms with Crippen LogP contribution in [0.1, 0.15) is 11.6 Å². The first-order valence-electron chi connectivity index (χ1n) is 11.4. The van der Waals surface area contributed by atoms with Gasteiger partial charge in [-0.05, 0) is 49.0 Å². The summed E-state index contributed by atoms with van der Waals surface area (Å²) in [6.45, 7) is 1.10. The van der Waals surface area contributed by atoms with Crippen LogP contribution >= 0.6 is 11.6 Å². The number of ether oxygens (including phenoxy) is 1. The van der Waals surface area contributed by atoms with Crippen LogP contribution in [0.4, 0.5) is 11.5 Å². The molecule has 8 nitrogen and oxygen atoms in total. The van der Waals surface area contributed by atoms with E-state index in [2.05, 4.69) is 20.6 Å². The number of carbonyl (C=O) groups excluding carboxylic acids is 1. The number of methoxy groups -OCH3 is 1. The molecular weight excluding hydrogens is 478 g/mol. The Morgan fingerprint density at radius 3 is 2.72 bits per heavy atom. The molecule has 2 N–H and O–H groups in total. The van der Waals surface area contributed by atoms with E-state index in [0.29, 0.717) is 41.3 Å². The van der Waals surface area contributed by atoms with E-state index in [1.165, 1.54) is 12.4 Å². The van der Waals surface area contributed by atoms with Crippen LogP contribution in [0.25, 0.3) is 22.2 Å².